The minimum absolute atomic E-state index is 0.0953. The first-order chi connectivity index (χ1) is 17.4. The van der Waals surface area contributed by atoms with Crippen LogP contribution in [0.2, 0.25) is 5.02 Å². The van der Waals surface area contributed by atoms with E-state index in [1.165, 1.54) is 6.07 Å². The van der Waals surface area contributed by atoms with Crippen molar-refractivity contribution in [2.75, 3.05) is 25.9 Å². The second kappa shape index (κ2) is 8.83. The van der Waals surface area contributed by atoms with Crippen molar-refractivity contribution >= 4 is 48.9 Å². The predicted octanol–water partition coefficient (Wildman–Crippen LogP) is 4.84. The van der Waals surface area contributed by atoms with Crippen molar-refractivity contribution in [3.8, 4) is 23.1 Å². The maximum atomic E-state index is 14.7. The summed E-state index contributed by atoms with van der Waals surface area (Å²) < 4.78 is 26.8. The molecule has 184 valence electrons. The van der Waals surface area contributed by atoms with E-state index in [0.717, 1.165) is 27.8 Å². The number of nitriles is 1. The zero-order valence-corrected chi connectivity index (χ0v) is 20.9. The number of nitrogens with two attached hydrogens (primary N) is 1. The van der Waals surface area contributed by atoms with Crippen molar-refractivity contribution in [3.05, 3.63) is 51.8 Å². The van der Waals surface area contributed by atoms with Crippen molar-refractivity contribution in [2.24, 2.45) is 0 Å². The zero-order valence-electron chi connectivity index (χ0n) is 19.3. The van der Waals surface area contributed by atoms with E-state index in [4.69, 9.17) is 31.8 Å². The van der Waals surface area contributed by atoms with Crippen LogP contribution in [0.3, 0.4) is 0 Å². The Hall–Kier alpha value is -3.00. The van der Waals surface area contributed by atoms with Gasteiger partial charge < -0.3 is 20.3 Å². The number of hydrogen-bond donors (Lipinski definition) is 2. The van der Waals surface area contributed by atoms with Crippen LogP contribution in [-0.4, -0.2) is 47.3 Å². The molecule has 3 N–H and O–H groups in total. The molecule has 1 saturated heterocycles. The molecule has 0 unspecified atom stereocenters. The van der Waals surface area contributed by atoms with Crippen LogP contribution < -0.4 is 10.5 Å². The largest absolute Gasteiger partial charge is 0.476 e. The highest BCUT2D eigenvalue weighted by Gasteiger charge is 2.30. The molecule has 0 bridgehead atoms. The SMILES string of the molecule is CN1C[C@H](O)C[C@H]1COc1ccc2c3c(c(-c4ccc(F)c5sc(N)c(C#N)c45)c(Cl)c2n1)COC3. The fourth-order valence-electron chi connectivity index (χ4n) is 5.29. The van der Waals surface area contributed by atoms with Crippen LogP contribution in [0.25, 0.3) is 32.1 Å². The van der Waals surface area contributed by atoms with E-state index in [2.05, 4.69) is 11.0 Å². The maximum absolute atomic E-state index is 14.7. The van der Waals surface area contributed by atoms with Crippen LogP contribution in [0.1, 0.15) is 23.1 Å². The second-order valence-electron chi connectivity index (χ2n) is 9.23. The summed E-state index contributed by atoms with van der Waals surface area (Å²) in [6.45, 7) is 1.74. The fourth-order valence-corrected chi connectivity index (χ4v) is 6.60. The zero-order chi connectivity index (χ0) is 25.1. The number of ether oxygens (including phenoxy) is 2. The summed E-state index contributed by atoms with van der Waals surface area (Å²) in [4.78, 5) is 6.81. The molecule has 4 aromatic rings. The van der Waals surface area contributed by atoms with Gasteiger partial charge in [0.15, 0.2) is 0 Å². The van der Waals surface area contributed by atoms with Crippen molar-refractivity contribution in [3.63, 3.8) is 0 Å². The Morgan fingerprint density at radius 1 is 1.33 bits per heavy atom. The van der Waals surface area contributed by atoms with Crippen molar-refractivity contribution in [1.29, 1.82) is 5.26 Å². The summed E-state index contributed by atoms with van der Waals surface area (Å²) >= 11 is 8.08. The number of nitrogens with zero attached hydrogens (tertiary/aromatic N) is 3. The number of benzene rings is 2. The van der Waals surface area contributed by atoms with Gasteiger partial charge in [0, 0.05) is 35.0 Å². The summed E-state index contributed by atoms with van der Waals surface area (Å²) in [5, 5.41) is 21.6. The standard InChI is InChI=1S/C26H22ClFN4O3S/c1-32-8-13(33)6-12(32)9-35-20-5-3-14-17-10-34-11-18(17)21(23(27)24(14)31-20)15-2-4-19(28)25-22(15)16(7-29)26(30)36-25/h2-5,12-13,33H,6,8-11,30H2,1H3/t12-,13+/m0/s1. The van der Waals surface area contributed by atoms with Crippen molar-refractivity contribution in [2.45, 2.75) is 31.8 Å². The van der Waals surface area contributed by atoms with E-state index in [9.17, 15) is 14.8 Å². The van der Waals surface area contributed by atoms with E-state index >= 15 is 0 Å². The summed E-state index contributed by atoms with van der Waals surface area (Å²) in [5.41, 5.74) is 10.00. The molecule has 0 amide bonds. The number of likely N-dealkylation sites (N-methyl/N-ethyl adjacent to an activating group) is 1. The molecule has 0 saturated carbocycles. The number of β-amino-alcohol motifs (C(OH)–C–C–N with tert-alkyl or cyclic N) is 1. The van der Waals surface area contributed by atoms with E-state index < -0.39 is 5.82 Å². The lowest BCUT2D eigenvalue weighted by Gasteiger charge is -2.19. The molecular weight excluding hydrogens is 503 g/mol. The van der Waals surface area contributed by atoms with E-state index in [-0.39, 0.29) is 22.7 Å². The molecule has 10 heteroatoms. The van der Waals surface area contributed by atoms with Gasteiger partial charge in [0.25, 0.3) is 0 Å². The summed E-state index contributed by atoms with van der Waals surface area (Å²) in [5.74, 6) is -0.0154. The lowest BCUT2D eigenvalue weighted by Crippen LogP contribution is -2.30. The molecule has 2 atom stereocenters. The molecule has 0 spiro atoms. The Balaban J connectivity index is 1.51. The number of anilines is 1. The van der Waals surface area contributed by atoms with Crippen LogP contribution in [0.5, 0.6) is 5.88 Å². The van der Waals surface area contributed by atoms with Crippen LogP contribution >= 0.6 is 22.9 Å². The van der Waals surface area contributed by atoms with Gasteiger partial charge in [-0.2, -0.15) is 5.26 Å². The van der Waals surface area contributed by atoms with Crippen molar-refractivity contribution in [1.82, 2.24) is 9.88 Å². The third kappa shape index (κ3) is 3.60. The van der Waals surface area contributed by atoms with E-state index in [1.807, 2.05) is 19.2 Å². The normalized spacial score (nSPS) is 19.8. The fraction of sp³-hybridized carbons (Fsp3) is 0.308. The number of aliphatic hydroxyl groups is 1. The molecule has 36 heavy (non-hydrogen) atoms. The number of aliphatic hydroxyl groups excluding tert-OH is 1. The first-order valence-electron chi connectivity index (χ1n) is 11.5. The molecule has 2 aromatic heterocycles. The lowest BCUT2D eigenvalue weighted by atomic mass is 9.91. The van der Waals surface area contributed by atoms with Gasteiger partial charge in [-0.15, -0.1) is 11.3 Å². The Bertz CT molecular complexity index is 1580. The molecule has 0 aliphatic carbocycles. The van der Waals surface area contributed by atoms with Crippen LogP contribution in [0, 0.1) is 17.1 Å². The van der Waals surface area contributed by atoms with Crippen LogP contribution in [-0.2, 0) is 18.0 Å². The lowest BCUT2D eigenvalue weighted by molar-refractivity contribution is 0.135. The number of aromatic nitrogens is 1. The first-order valence-corrected chi connectivity index (χ1v) is 12.7. The smallest absolute Gasteiger partial charge is 0.213 e. The molecule has 2 aliphatic heterocycles. The van der Waals surface area contributed by atoms with Gasteiger partial charge in [-0.05, 0) is 42.3 Å². The quantitative estimate of drug-likeness (QED) is 0.393. The Kier molecular flexibility index (Phi) is 5.74. The highest BCUT2D eigenvalue weighted by molar-refractivity contribution is 7.23. The average molecular weight is 525 g/mol. The molecule has 6 rings (SSSR count). The van der Waals surface area contributed by atoms with E-state index in [1.54, 1.807) is 6.07 Å². The number of pyridine rings is 1. The minimum Gasteiger partial charge on any atom is -0.476 e. The first kappa shape index (κ1) is 23.4. The maximum Gasteiger partial charge on any atom is 0.213 e. The third-order valence-corrected chi connectivity index (χ3v) is 8.47. The number of fused-ring (bicyclic) bond motifs is 4. The molecule has 4 heterocycles. The van der Waals surface area contributed by atoms with Gasteiger partial charge in [0.05, 0.1) is 40.1 Å². The highest BCUT2D eigenvalue weighted by Crippen LogP contribution is 2.48. The number of thiophene rings is 1. The Morgan fingerprint density at radius 3 is 2.89 bits per heavy atom. The highest BCUT2D eigenvalue weighted by atomic mass is 35.5. The minimum atomic E-state index is -0.437. The summed E-state index contributed by atoms with van der Waals surface area (Å²) in [7, 11) is 1.96. The number of hydrogen-bond acceptors (Lipinski definition) is 8. The molecule has 0 radical (unpaired) electrons. The molecule has 2 aromatic carbocycles. The molecule has 1 fully saturated rings. The van der Waals surface area contributed by atoms with Gasteiger partial charge in [-0.25, -0.2) is 9.37 Å². The molecule has 7 nitrogen and oxygen atoms in total. The monoisotopic (exact) mass is 524 g/mol. The van der Waals surface area contributed by atoms with Gasteiger partial charge >= 0.3 is 0 Å². The summed E-state index contributed by atoms with van der Waals surface area (Å²) in [6.07, 6.45) is 0.288. The van der Waals surface area contributed by atoms with Gasteiger partial charge in [-0.3, -0.25) is 4.90 Å². The number of nitrogen functional groups attached to an aromatic ring is 1. The molecular formula is C26H22ClFN4O3S. The van der Waals surface area contributed by atoms with Gasteiger partial charge in [-0.1, -0.05) is 17.7 Å². The summed E-state index contributed by atoms with van der Waals surface area (Å²) in [6, 6.07) is 8.97. The van der Waals surface area contributed by atoms with E-state index in [0.29, 0.717) is 70.4 Å². The van der Waals surface area contributed by atoms with Crippen LogP contribution in [0.15, 0.2) is 24.3 Å². The average Bonchev–Trinajstić information content (AvgIpc) is 3.56. The molecule has 2 aliphatic rings. The van der Waals surface area contributed by atoms with Crippen molar-refractivity contribution < 1.29 is 19.0 Å². The van der Waals surface area contributed by atoms with Crippen LogP contribution in [0.4, 0.5) is 9.39 Å². The second-order valence-corrected chi connectivity index (χ2v) is 10.7. The Labute approximate surface area is 215 Å². The topological polar surface area (TPSA) is 105 Å². The number of likely N-dealkylation sites (tertiary alicyclic amines) is 1. The van der Waals surface area contributed by atoms with Gasteiger partial charge in [0.1, 0.15) is 23.5 Å². The van der Waals surface area contributed by atoms with Gasteiger partial charge in [0.2, 0.25) is 5.88 Å². The number of halogens is 2. The number of rotatable bonds is 4. The third-order valence-electron chi connectivity index (χ3n) is 7.07. The Morgan fingerprint density at radius 2 is 2.14 bits per heavy atom. The predicted molar refractivity (Wildman–Crippen MR) is 138 cm³/mol.